The molecule has 0 saturated carbocycles. The number of aromatic nitrogens is 1. The highest BCUT2D eigenvalue weighted by Gasteiger charge is 2.34. The van der Waals surface area contributed by atoms with Gasteiger partial charge in [-0.25, -0.2) is 8.78 Å². The van der Waals surface area contributed by atoms with Gasteiger partial charge in [0.05, 0.1) is 29.3 Å². The van der Waals surface area contributed by atoms with Gasteiger partial charge in [-0.15, -0.1) is 0 Å². The molecule has 4 rings (SSSR count). The fraction of sp³-hybridized carbons (Fsp3) is 0.120. The third-order valence-corrected chi connectivity index (χ3v) is 5.40. The molecule has 0 fully saturated rings. The van der Waals surface area contributed by atoms with Gasteiger partial charge in [0.2, 0.25) is 0 Å². The van der Waals surface area contributed by atoms with Crippen molar-refractivity contribution in [1.82, 2.24) is 4.57 Å². The predicted octanol–water partition coefficient (Wildman–Crippen LogP) is 5.48. The molecule has 0 aliphatic carbocycles. The molecule has 0 radical (unpaired) electrons. The van der Waals surface area contributed by atoms with E-state index >= 15 is 0 Å². The van der Waals surface area contributed by atoms with Crippen LogP contribution in [0.15, 0.2) is 66.9 Å². The molecular formula is C25H16F5N3O2. The number of nitrogens with zero attached hydrogens (tertiary/aromatic N) is 2. The second kappa shape index (κ2) is 9.19. The first-order valence-corrected chi connectivity index (χ1v) is 10.2. The highest BCUT2D eigenvalue weighted by Crippen LogP contribution is 2.33. The summed E-state index contributed by atoms with van der Waals surface area (Å²) in [6.07, 6.45) is -5.03. The van der Waals surface area contributed by atoms with Gasteiger partial charge >= 0.3 is 6.18 Å². The summed E-state index contributed by atoms with van der Waals surface area (Å²) < 4.78 is 68.8. The number of hydrogen-bond donors (Lipinski definition) is 2. The van der Waals surface area contributed by atoms with Crippen LogP contribution >= 0.6 is 0 Å². The van der Waals surface area contributed by atoms with Crippen LogP contribution in [-0.2, 0) is 17.5 Å². The lowest BCUT2D eigenvalue weighted by atomic mass is 10.0. The molecular weight excluding hydrogens is 469 g/mol. The van der Waals surface area contributed by atoms with E-state index in [1.165, 1.54) is 53.2 Å². The molecule has 1 heterocycles. The number of rotatable bonds is 5. The number of benzene rings is 3. The standard InChI is InChI=1S/C25H16F5N3O2/c26-17-4-1-14(2-5-17)16-9-21(27)19-7-8-33(22(19)10-16)13-23(34)24(35)32-18-6-3-15(12-31)20(11-18)25(28,29)30/h1-11,23,34H,13H2,(H,32,35)/t23-/m0/s1. The maximum absolute atomic E-state index is 14.7. The van der Waals surface area contributed by atoms with E-state index in [0.717, 1.165) is 12.1 Å². The molecule has 178 valence electrons. The van der Waals surface area contributed by atoms with Gasteiger partial charge in [0.1, 0.15) is 11.6 Å². The molecule has 2 N–H and O–H groups in total. The van der Waals surface area contributed by atoms with Crippen LogP contribution in [0.1, 0.15) is 11.1 Å². The number of halogens is 5. The topological polar surface area (TPSA) is 78.1 Å². The first-order valence-electron chi connectivity index (χ1n) is 10.2. The third kappa shape index (κ3) is 5.00. The molecule has 1 atom stereocenters. The summed E-state index contributed by atoms with van der Waals surface area (Å²) in [5.74, 6) is -1.99. The largest absolute Gasteiger partial charge is 0.417 e. The van der Waals surface area contributed by atoms with E-state index in [2.05, 4.69) is 5.32 Å². The number of amides is 1. The molecule has 10 heteroatoms. The minimum Gasteiger partial charge on any atom is -0.381 e. The van der Waals surface area contributed by atoms with Crippen LogP contribution in [0.25, 0.3) is 22.0 Å². The molecule has 4 aromatic rings. The Hall–Kier alpha value is -4.23. The Kier molecular flexibility index (Phi) is 6.28. The van der Waals surface area contributed by atoms with Gasteiger partial charge in [0.15, 0.2) is 6.10 Å². The fourth-order valence-electron chi connectivity index (χ4n) is 3.67. The van der Waals surface area contributed by atoms with Gasteiger partial charge in [-0.1, -0.05) is 12.1 Å². The zero-order valence-corrected chi connectivity index (χ0v) is 17.8. The highest BCUT2D eigenvalue weighted by molar-refractivity contribution is 5.94. The average molecular weight is 485 g/mol. The molecule has 1 aromatic heterocycles. The van der Waals surface area contributed by atoms with Crippen LogP contribution in [0.2, 0.25) is 0 Å². The van der Waals surface area contributed by atoms with Gasteiger partial charge in [-0.05, 0) is 59.7 Å². The van der Waals surface area contributed by atoms with Gasteiger partial charge in [0, 0.05) is 17.3 Å². The van der Waals surface area contributed by atoms with Crippen LogP contribution in [0.4, 0.5) is 27.6 Å². The summed E-state index contributed by atoms with van der Waals surface area (Å²) in [7, 11) is 0. The van der Waals surface area contributed by atoms with E-state index in [1.807, 2.05) is 0 Å². The lowest BCUT2D eigenvalue weighted by molar-refractivity contribution is -0.137. The molecule has 0 saturated heterocycles. The maximum Gasteiger partial charge on any atom is 0.417 e. The summed E-state index contributed by atoms with van der Waals surface area (Å²) in [5.41, 5.74) is -0.705. The number of alkyl halides is 3. The first-order chi connectivity index (χ1) is 16.6. The van der Waals surface area contributed by atoms with Crippen LogP contribution in [0, 0.1) is 23.0 Å². The number of carbonyl (C=O) groups is 1. The second-order valence-electron chi connectivity index (χ2n) is 7.74. The number of hydrogen-bond acceptors (Lipinski definition) is 3. The van der Waals surface area contributed by atoms with Crippen LogP contribution in [0.5, 0.6) is 0 Å². The summed E-state index contributed by atoms with van der Waals surface area (Å²) in [6.45, 7) is -0.315. The molecule has 5 nitrogen and oxygen atoms in total. The number of fused-ring (bicyclic) bond motifs is 1. The Morgan fingerprint density at radius 2 is 1.74 bits per heavy atom. The van der Waals surface area contributed by atoms with Crippen LogP contribution < -0.4 is 5.32 Å². The Balaban J connectivity index is 1.57. The van der Waals surface area contributed by atoms with Crippen LogP contribution in [-0.4, -0.2) is 21.7 Å². The Morgan fingerprint density at radius 1 is 1.03 bits per heavy atom. The molecule has 35 heavy (non-hydrogen) atoms. The van der Waals surface area contributed by atoms with Gasteiger partial charge in [-0.3, -0.25) is 4.79 Å². The predicted molar refractivity (Wildman–Crippen MR) is 118 cm³/mol. The third-order valence-electron chi connectivity index (χ3n) is 5.40. The lowest BCUT2D eigenvalue weighted by Crippen LogP contribution is -2.31. The SMILES string of the molecule is N#Cc1ccc(NC(=O)[C@@H](O)Cn2ccc3c(F)cc(-c4ccc(F)cc4)cc32)cc1C(F)(F)F. The summed E-state index contributed by atoms with van der Waals surface area (Å²) in [6, 6.07) is 13.9. The van der Waals surface area contributed by atoms with Crippen molar-refractivity contribution in [3.8, 4) is 17.2 Å². The maximum atomic E-state index is 14.7. The highest BCUT2D eigenvalue weighted by atomic mass is 19.4. The number of nitriles is 1. The number of carbonyl (C=O) groups excluding carboxylic acids is 1. The monoisotopic (exact) mass is 485 g/mol. The number of anilines is 1. The fourth-order valence-corrected chi connectivity index (χ4v) is 3.67. The zero-order chi connectivity index (χ0) is 25.3. The summed E-state index contributed by atoms with van der Waals surface area (Å²) in [4.78, 5) is 12.4. The Morgan fingerprint density at radius 3 is 2.40 bits per heavy atom. The summed E-state index contributed by atoms with van der Waals surface area (Å²) in [5, 5.41) is 21.7. The van der Waals surface area contributed by atoms with Crippen molar-refractivity contribution < 1.29 is 31.9 Å². The van der Waals surface area contributed by atoms with Gasteiger partial charge in [0.25, 0.3) is 5.91 Å². The summed E-state index contributed by atoms with van der Waals surface area (Å²) >= 11 is 0. The van der Waals surface area contributed by atoms with Crippen molar-refractivity contribution in [2.75, 3.05) is 5.32 Å². The Labute approximate surface area is 195 Å². The molecule has 0 aliphatic rings. The van der Waals surface area contributed by atoms with Crippen molar-refractivity contribution in [3.05, 3.63) is 89.6 Å². The molecule has 0 unspecified atom stereocenters. The minimum absolute atomic E-state index is 0.227. The average Bonchev–Trinajstić information content (AvgIpc) is 3.22. The Bertz CT molecular complexity index is 1450. The van der Waals surface area contributed by atoms with Crippen molar-refractivity contribution in [1.29, 1.82) is 5.26 Å². The molecule has 0 bridgehead atoms. The van der Waals surface area contributed by atoms with Gasteiger partial charge in [-0.2, -0.15) is 18.4 Å². The minimum atomic E-state index is -4.80. The van der Waals surface area contributed by atoms with E-state index in [0.29, 0.717) is 22.7 Å². The van der Waals surface area contributed by atoms with Gasteiger partial charge < -0.3 is 15.0 Å². The van der Waals surface area contributed by atoms with E-state index in [4.69, 9.17) is 5.26 Å². The molecule has 3 aromatic carbocycles. The van der Waals surface area contributed by atoms with E-state index in [9.17, 15) is 31.9 Å². The van der Waals surface area contributed by atoms with Crippen molar-refractivity contribution in [3.63, 3.8) is 0 Å². The van der Waals surface area contributed by atoms with Crippen LogP contribution in [0.3, 0.4) is 0 Å². The second-order valence-corrected chi connectivity index (χ2v) is 7.74. The normalized spacial score (nSPS) is 12.4. The first kappa shape index (κ1) is 23.9. The number of aliphatic hydroxyl groups excluding tert-OH is 1. The lowest BCUT2D eigenvalue weighted by Gasteiger charge is -2.15. The molecule has 1 amide bonds. The number of nitrogens with one attached hydrogen (secondary N) is 1. The zero-order valence-electron chi connectivity index (χ0n) is 17.8. The molecule has 0 spiro atoms. The van der Waals surface area contributed by atoms with Crippen molar-refractivity contribution >= 4 is 22.5 Å². The number of aliphatic hydroxyl groups is 1. The van der Waals surface area contributed by atoms with E-state index < -0.39 is 40.9 Å². The smallest absolute Gasteiger partial charge is 0.381 e. The van der Waals surface area contributed by atoms with Crippen molar-refractivity contribution in [2.45, 2.75) is 18.8 Å². The van der Waals surface area contributed by atoms with Crippen molar-refractivity contribution in [2.24, 2.45) is 0 Å². The quantitative estimate of drug-likeness (QED) is 0.368. The molecule has 0 aliphatic heterocycles. The van der Waals surface area contributed by atoms with E-state index in [-0.39, 0.29) is 17.6 Å². The van der Waals surface area contributed by atoms with E-state index in [1.54, 1.807) is 6.07 Å².